The zero-order chi connectivity index (χ0) is 24.2. The number of anilines is 1. The summed E-state index contributed by atoms with van der Waals surface area (Å²) in [6, 6.07) is 17.1. The number of benzene rings is 3. The molecule has 1 aliphatic rings. The lowest BCUT2D eigenvalue weighted by Crippen LogP contribution is -2.54. The van der Waals surface area contributed by atoms with Gasteiger partial charge in [-0.3, -0.25) is 14.9 Å². The summed E-state index contributed by atoms with van der Waals surface area (Å²) < 4.78 is 18.4. The molecule has 0 bridgehead atoms. The van der Waals surface area contributed by atoms with E-state index in [0.29, 0.717) is 11.3 Å². The van der Waals surface area contributed by atoms with Gasteiger partial charge in [0.05, 0.1) is 11.3 Å². The van der Waals surface area contributed by atoms with Gasteiger partial charge in [0.2, 0.25) is 0 Å². The van der Waals surface area contributed by atoms with E-state index in [2.05, 4.69) is 5.32 Å². The molecule has 7 nitrogen and oxygen atoms in total. The van der Waals surface area contributed by atoms with E-state index in [0.717, 1.165) is 29.0 Å². The number of carbonyl (C=O) groups is 4. The number of nitrogens with one attached hydrogen (secondary N) is 1. The molecular formula is C26H19FN2O5. The van der Waals surface area contributed by atoms with Crippen LogP contribution in [0.5, 0.6) is 5.75 Å². The van der Waals surface area contributed by atoms with Crippen LogP contribution < -0.4 is 15.0 Å². The average molecular weight is 458 g/mol. The number of imide groups is 2. The van der Waals surface area contributed by atoms with E-state index in [1.54, 1.807) is 36.4 Å². The Kier molecular flexibility index (Phi) is 6.31. The van der Waals surface area contributed by atoms with Crippen LogP contribution in [-0.2, 0) is 16.0 Å². The van der Waals surface area contributed by atoms with Crippen LogP contribution in [0.25, 0.3) is 6.08 Å². The number of amides is 4. The molecule has 3 aromatic carbocycles. The number of rotatable bonds is 5. The number of nitrogens with zero attached hydrogens (tertiary/aromatic N) is 1. The smallest absolute Gasteiger partial charge is 0.343 e. The van der Waals surface area contributed by atoms with E-state index < -0.39 is 29.6 Å². The van der Waals surface area contributed by atoms with Crippen molar-refractivity contribution in [3.63, 3.8) is 0 Å². The van der Waals surface area contributed by atoms with Crippen LogP contribution in [0.2, 0.25) is 0 Å². The molecule has 0 aliphatic carbocycles. The minimum atomic E-state index is -0.835. The van der Waals surface area contributed by atoms with Crippen molar-refractivity contribution in [3.8, 4) is 5.75 Å². The second kappa shape index (κ2) is 9.50. The summed E-state index contributed by atoms with van der Waals surface area (Å²) in [7, 11) is 0. The molecule has 0 radical (unpaired) electrons. The highest BCUT2D eigenvalue weighted by Gasteiger charge is 2.36. The standard InChI is InChI=1S/C26H19FN2O5/c1-2-16-6-12-20(13-7-16)29-24(31)22(23(30)28-26(29)33)15-17-4-3-5-21(14-17)34-25(32)18-8-10-19(27)11-9-18/h3-15H,2H2,1H3,(H,28,30,33)/b22-15-. The number of hydrogen-bond donors (Lipinski definition) is 1. The number of aryl methyl sites for hydroxylation is 1. The topological polar surface area (TPSA) is 92.8 Å². The first-order valence-corrected chi connectivity index (χ1v) is 10.4. The summed E-state index contributed by atoms with van der Waals surface area (Å²) in [5.74, 6) is -2.61. The van der Waals surface area contributed by atoms with Gasteiger partial charge in [-0.25, -0.2) is 18.9 Å². The fraction of sp³-hybridized carbons (Fsp3) is 0.0769. The van der Waals surface area contributed by atoms with Crippen molar-refractivity contribution in [2.75, 3.05) is 4.90 Å². The van der Waals surface area contributed by atoms with Gasteiger partial charge in [0, 0.05) is 0 Å². The van der Waals surface area contributed by atoms with Gasteiger partial charge in [-0.15, -0.1) is 0 Å². The normalized spacial score (nSPS) is 14.8. The first kappa shape index (κ1) is 22.6. The molecule has 170 valence electrons. The van der Waals surface area contributed by atoms with Gasteiger partial charge in [-0.1, -0.05) is 31.2 Å². The summed E-state index contributed by atoms with van der Waals surface area (Å²) in [4.78, 5) is 51.0. The number of urea groups is 1. The third-order valence-electron chi connectivity index (χ3n) is 5.16. The minimum absolute atomic E-state index is 0.162. The van der Waals surface area contributed by atoms with Crippen LogP contribution in [0, 0.1) is 5.82 Å². The summed E-state index contributed by atoms with van der Waals surface area (Å²) in [6.07, 6.45) is 2.11. The van der Waals surface area contributed by atoms with Crippen molar-refractivity contribution in [1.82, 2.24) is 5.32 Å². The van der Waals surface area contributed by atoms with Crippen molar-refractivity contribution in [2.24, 2.45) is 0 Å². The lowest BCUT2D eigenvalue weighted by molar-refractivity contribution is -0.122. The van der Waals surface area contributed by atoms with Gasteiger partial charge in [-0.2, -0.15) is 0 Å². The van der Waals surface area contributed by atoms with Crippen LogP contribution in [0.3, 0.4) is 0 Å². The number of ether oxygens (including phenoxy) is 1. The zero-order valence-electron chi connectivity index (χ0n) is 18.1. The highest BCUT2D eigenvalue weighted by Crippen LogP contribution is 2.24. The molecule has 4 rings (SSSR count). The minimum Gasteiger partial charge on any atom is -0.423 e. The van der Waals surface area contributed by atoms with E-state index in [9.17, 15) is 23.6 Å². The monoisotopic (exact) mass is 458 g/mol. The van der Waals surface area contributed by atoms with Gasteiger partial charge < -0.3 is 4.74 Å². The van der Waals surface area contributed by atoms with E-state index in [4.69, 9.17) is 4.74 Å². The number of halogens is 1. The predicted molar refractivity (Wildman–Crippen MR) is 123 cm³/mol. The molecule has 0 aromatic heterocycles. The van der Waals surface area contributed by atoms with Gasteiger partial charge in [-0.05, 0) is 72.2 Å². The van der Waals surface area contributed by atoms with Crippen molar-refractivity contribution in [1.29, 1.82) is 0 Å². The molecule has 0 atom stereocenters. The van der Waals surface area contributed by atoms with Crippen molar-refractivity contribution in [2.45, 2.75) is 13.3 Å². The summed E-state index contributed by atoms with van der Waals surface area (Å²) in [5, 5.41) is 2.17. The van der Waals surface area contributed by atoms with Crippen molar-refractivity contribution < 1.29 is 28.3 Å². The van der Waals surface area contributed by atoms with Crippen LogP contribution in [0.4, 0.5) is 14.9 Å². The molecule has 0 saturated carbocycles. The molecule has 34 heavy (non-hydrogen) atoms. The summed E-state index contributed by atoms with van der Waals surface area (Å²) in [6.45, 7) is 1.98. The van der Waals surface area contributed by atoms with Crippen LogP contribution >= 0.6 is 0 Å². The van der Waals surface area contributed by atoms with Crippen LogP contribution in [0.15, 0.2) is 78.4 Å². The molecule has 0 unspecified atom stereocenters. The molecule has 0 spiro atoms. The molecule has 1 saturated heterocycles. The quantitative estimate of drug-likeness (QED) is 0.267. The maximum atomic E-state index is 13.1. The first-order chi connectivity index (χ1) is 16.4. The van der Waals surface area contributed by atoms with Gasteiger partial charge in [0.25, 0.3) is 11.8 Å². The molecule has 8 heteroatoms. The first-order valence-electron chi connectivity index (χ1n) is 10.4. The number of hydrogen-bond acceptors (Lipinski definition) is 5. The number of esters is 1. The molecule has 1 aliphatic heterocycles. The molecule has 1 fully saturated rings. The van der Waals surface area contributed by atoms with Crippen LogP contribution in [0.1, 0.15) is 28.4 Å². The Bertz CT molecular complexity index is 1310. The summed E-state index contributed by atoms with van der Waals surface area (Å²) in [5.41, 5.74) is 1.68. The number of barbiturate groups is 1. The van der Waals surface area contributed by atoms with Crippen molar-refractivity contribution in [3.05, 3.63) is 101 Å². The van der Waals surface area contributed by atoms with E-state index >= 15 is 0 Å². The third kappa shape index (κ3) is 4.75. The van der Waals surface area contributed by atoms with Gasteiger partial charge in [0.15, 0.2) is 0 Å². The fourth-order valence-corrected chi connectivity index (χ4v) is 3.36. The molecule has 3 aromatic rings. The molecule has 1 heterocycles. The lowest BCUT2D eigenvalue weighted by atomic mass is 10.1. The van der Waals surface area contributed by atoms with Crippen LogP contribution in [-0.4, -0.2) is 23.8 Å². The largest absolute Gasteiger partial charge is 0.423 e. The van der Waals surface area contributed by atoms with E-state index in [1.807, 2.05) is 6.92 Å². The Morgan fingerprint density at radius 1 is 1.00 bits per heavy atom. The fourth-order valence-electron chi connectivity index (χ4n) is 3.36. The highest BCUT2D eigenvalue weighted by molar-refractivity contribution is 6.39. The average Bonchev–Trinajstić information content (AvgIpc) is 2.83. The number of carbonyl (C=O) groups excluding carboxylic acids is 4. The Morgan fingerprint density at radius 3 is 2.38 bits per heavy atom. The maximum absolute atomic E-state index is 13.1. The molecule has 1 N–H and O–H groups in total. The Hall–Kier alpha value is -4.59. The second-order valence-electron chi connectivity index (χ2n) is 7.45. The zero-order valence-corrected chi connectivity index (χ0v) is 18.1. The lowest BCUT2D eigenvalue weighted by Gasteiger charge is -2.26. The maximum Gasteiger partial charge on any atom is 0.343 e. The van der Waals surface area contributed by atoms with E-state index in [-0.39, 0.29) is 16.9 Å². The molecule has 4 amide bonds. The third-order valence-corrected chi connectivity index (χ3v) is 5.16. The Labute approximate surface area is 194 Å². The molecular weight excluding hydrogens is 439 g/mol. The second-order valence-corrected chi connectivity index (χ2v) is 7.45. The SMILES string of the molecule is CCc1ccc(N2C(=O)NC(=O)/C(=C/c3cccc(OC(=O)c4ccc(F)cc4)c3)C2=O)cc1. The van der Waals surface area contributed by atoms with Gasteiger partial charge in [0.1, 0.15) is 17.1 Å². The highest BCUT2D eigenvalue weighted by atomic mass is 19.1. The Balaban J connectivity index is 1.59. The van der Waals surface area contributed by atoms with Crippen molar-refractivity contribution >= 4 is 35.6 Å². The Morgan fingerprint density at radius 2 is 1.71 bits per heavy atom. The summed E-state index contributed by atoms with van der Waals surface area (Å²) >= 11 is 0. The predicted octanol–water partition coefficient (Wildman–Crippen LogP) is 4.27. The van der Waals surface area contributed by atoms with E-state index in [1.165, 1.54) is 30.3 Å². The van der Waals surface area contributed by atoms with Gasteiger partial charge >= 0.3 is 12.0 Å².